The zero-order valence-electron chi connectivity index (χ0n) is 11.2. The first kappa shape index (κ1) is 14.4. The van der Waals surface area contributed by atoms with Crippen molar-refractivity contribution in [2.45, 2.75) is 45.4 Å². The highest BCUT2D eigenvalue weighted by Gasteiger charge is 2.20. The van der Waals surface area contributed by atoms with Gasteiger partial charge in [-0.05, 0) is 19.3 Å². The van der Waals surface area contributed by atoms with E-state index in [2.05, 4.69) is 35.0 Å². The molecule has 0 unspecified atom stereocenters. The lowest BCUT2D eigenvalue weighted by Crippen LogP contribution is -2.19. The summed E-state index contributed by atoms with van der Waals surface area (Å²) in [4.78, 5) is 6.71. The second kappa shape index (κ2) is 6.31. The van der Waals surface area contributed by atoms with Gasteiger partial charge in [0.15, 0.2) is 0 Å². The molecule has 0 amide bonds. The van der Waals surface area contributed by atoms with E-state index < -0.39 is 0 Å². The monoisotopic (exact) mass is 257 g/mol. The van der Waals surface area contributed by atoms with E-state index in [9.17, 15) is 0 Å². The summed E-state index contributed by atoms with van der Waals surface area (Å²) in [5.74, 6) is 0.916. The number of aromatic nitrogens is 2. The quantitative estimate of drug-likeness (QED) is 0.795. The molecule has 0 aliphatic rings. The van der Waals surface area contributed by atoms with Gasteiger partial charge >= 0.3 is 0 Å². The molecule has 0 fully saturated rings. The molecule has 1 aromatic heterocycles. The number of hydrogen-bond donors (Lipinski definition) is 1. The minimum atomic E-state index is 0.0203. The maximum Gasteiger partial charge on any atom is 0.204 e. The standard InChI is InChI=1S/C12H23N3OS/c1-12(2,3)10-13-11(17-14-10)15(4)8-6-5-7-9-16/h16H,5-9H2,1-4H3. The largest absolute Gasteiger partial charge is 0.396 e. The van der Waals surface area contributed by atoms with Crippen LogP contribution in [0.3, 0.4) is 0 Å². The van der Waals surface area contributed by atoms with E-state index in [1.54, 1.807) is 0 Å². The van der Waals surface area contributed by atoms with Crippen LogP contribution in [0, 0.1) is 0 Å². The topological polar surface area (TPSA) is 49.2 Å². The molecule has 0 aromatic carbocycles. The maximum absolute atomic E-state index is 8.71. The number of anilines is 1. The smallest absolute Gasteiger partial charge is 0.204 e. The Balaban J connectivity index is 2.47. The summed E-state index contributed by atoms with van der Waals surface area (Å²) in [6, 6.07) is 0. The van der Waals surface area contributed by atoms with Crippen molar-refractivity contribution >= 4 is 16.7 Å². The van der Waals surface area contributed by atoms with Gasteiger partial charge in [-0.3, -0.25) is 0 Å². The highest BCUT2D eigenvalue weighted by Crippen LogP contribution is 2.24. The van der Waals surface area contributed by atoms with Gasteiger partial charge in [-0.15, -0.1) is 0 Å². The Kier molecular flexibility index (Phi) is 5.33. The zero-order chi connectivity index (χ0) is 12.9. The second-order valence-electron chi connectivity index (χ2n) is 5.36. The number of nitrogens with zero attached hydrogens (tertiary/aromatic N) is 3. The van der Waals surface area contributed by atoms with Crippen LogP contribution in [0.5, 0.6) is 0 Å². The fourth-order valence-electron chi connectivity index (χ4n) is 1.41. The predicted octanol–water partition coefficient (Wildman–Crippen LogP) is 2.43. The van der Waals surface area contributed by atoms with Gasteiger partial charge < -0.3 is 10.0 Å². The third-order valence-electron chi connectivity index (χ3n) is 2.56. The Labute approximate surface area is 108 Å². The molecule has 98 valence electrons. The average molecular weight is 257 g/mol. The van der Waals surface area contributed by atoms with Crippen molar-refractivity contribution in [2.75, 3.05) is 25.1 Å². The molecular weight excluding hydrogens is 234 g/mol. The third-order valence-corrected chi connectivity index (χ3v) is 3.39. The first-order chi connectivity index (χ1) is 7.95. The van der Waals surface area contributed by atoms with E-state index in [1.165, 1.54) is 11.5 Å². The van der Waals surface area contributed by atoms with Crippen LogP contribution in [0.4, 0.5) is 5.13 Å². The molecule has 0 aliphatic carbocycles. The molecule has 17 heavy (non-hydrogen) atoms. The lowest BCUT2D eigenvalue weighted by molar-refractivity contribution is 0.283. The summed E-state index contributed by atoms with van der Waals surface area (Å²) in [6.45, 7) is 7.63. The first-order valence-corrected chi connectivity index (χ1v) is 6.88. The average Bonchev–Trinajstić information content (AvgIpc) is 2.72. The fourth-order valence-corrected chi connectivity index (χ4v) is 2.25. The van der Waals surface area contributed by atoms with Crippen molar-refractivity contribution in [3.05, 3.63) is 5.82 Å². The molecule has 1 rings (SSSR count). The van der Waals surface area contributed by atoms with Crippen molar-refractivity contribution < 1.29 is 5.11 Å². The first-order valence-electron chi connectivity index (χ1n) is 6.11. The van der Waals surface area contributed by atoms with Gasteiger partial charge in [-0.25, -0.2) is 4.98 Å². The van der Waals surface area contributed by atoms with Crippen LogP contribution in [0.15, 0.2) is 0 Å². The van der Waals surface area contributed by atoms with Crippen molar-refractivity contribution in [1.82, 2.24) is 9.36 Å². The minimum Gasteiger partial charge on any atom is -0.396 e. The van der Waals surface area contributed by atoms with Crippen LogP contribution < -0.4 is 4.90 Å². The maximum atomic E-state index is 8.71. The molecule has 1 aromatic rings. The van der Waals surface area contributed by atoms with Gasteiger partial charge in [0, 0.05) is 37.1 Å². The zero-order valence-corrected chi connectivity index (χ0v) is 12.0. The van der Waals surface area contributed by atoms with Crippen molar-refractivity contribution in [3.63, 3.8) is 0 Å². The normalized spacial score (nSPS) is 11.8. The molecule has 0 radical (unpaired) electrons. The Morgan fingerprint density at radius 1 is 1.24 bits per heavy atom. The van der Waals surface area contributed by atoms with E-state index >= 15 is 0 Å². The molecule has 0 saturated heterocycles. The number of hydrogen-bond acceptors (Lipinski definition) is 5. The molecular formula is C12H23N3OS. The van der Waals surface area contributed by atoms with Gasteiger partial charge in [-0.2, -0.15) is 4.37 Å². The summed E-state index contributed by atoms with van der Waals surface area (Å²) in [5.41, 5.74) is 0.0203. The molecule has 5 heteroatoms. The van der Waals surface area contributed by atoms with Gasteiger partial charge in [0.25, 0.3) is 0 Å². The van der Waals surface area contributed by atoms with Crippen LogP contribution in [-0.2, 0) is 5.41 Å². The molecule has 1 heterocycles. The van der Waals surface area contributed by atoms with Crippen LogP contribution in [-0.4, -0.2) is 34.7 Å². The van der Waals surface area contributed by atoms with E-state index in [0.29, 0.717) is 0 Å². The summed E-state index contributed by atoms with van der Waals surface area (Å²) in [5, 5.41) is 9.69. The molecule has 0 spiro atoms. The molecule has 0 saturated carbocycles. The van der Waals surface area contributed by atoms with Crippen LogP contribution >= 0.6 is 11.5 Å². The van der Waals surface area contributed by atoms with Crippen LogP contribution in [0.1, 0.15) is 45.9 Å². The lowest BCUT2D eigenvalue weighted by atomic mass is 9.96. The number of aliphatic hydroxyl groups excluding tert-OH is 1. The highest BCUT2D eigenvalue weighted by molar-refractivity contribution is 7.09. The molecule has 4 nitrogen and oxygen atoms in total. The van der Waals surface area contributed by atoms with Crippen molar-refractivity contribution in [1.29, 1.82) is 0 Å². The number of rotatable bonds is 6. The number of unbranched alkanes of at least 4 members (excludes halogenated alkanes) is 2. The van der Waals surface area contributed by atoms with E-state index in [0.717, 1.165) is 36.8 Å². The summed E-state index contributed by atoms with van der Waals surface area (Å²) < 4.78 is 4.40. The Bertz CT molecular complexity index is 333. The van der Waals surface area contributed by atoms with Gasteiger partial charge in [-0.1, -0.05) is 20.8 Å². The molecule has 0 atom stereocenters. The van der Waals surface area contributed by atoms with Gasteiger partial charge in [0.05, 0.1) is 0 Å². The van der Waals surface area contributed by atoms with Crippen LogP contribution in [0.2, 0.25) is 0 Å². The Morgan fingerprint density at radius 2 is 1.94 bits per heavy atom. The van der Waals surface area contributed by atoms with E-state index in [-0.39, 0.29) is 12.0 Å². The SMILES string of the molecule is CN(CCCCCO)c1nc(C(C)(C)C)ns1. The lowest BCUT2D eigenvalue weighted by Gasteiger charge is -2.15. The van der Waals surface area contributed by atoms with Gasteiger partial charge in [0.1, 0.15) is 5.82 Å². The Morgan fingerprint density at radius 3 is 2.47 bits per heavy atom. The molecule has 0 bridgehead atoms. The molecule has 1 N–H and O–H groups in total. The Hall–Kier alpha value is -0.680. The number of aliphatic hydroxyl groups is 1. The minimum absolute atomic E-state index is 0.0203. The summed E-state index contributed by atoms with van der Waals surface area (Å²) >= 11 is 1.46. The predicted molar refractivity (Wildman–Crippen MR) is 72.8 cm³/mol. The highest BCUT2D eigenvalue weighted by atomic mass is 32.1. The van der Waals surface area contributed by atoms with Gasteiger partial charge in [0.2, 0.25) is 5.13 Å². The fraction of sp³-hybridized carbons (Fsp3) is 0.833. The van der Waals surface area contributed by atoms with Crippen molar-refractivity contribution in [3.8, 4) is 0 Å². The van der Waals surface area contributed by atoms with E-state index in [1.807, 2.05) is 7.05 Å². The summed E-state index contributed by atoms with van der Waals surface area (Å²) in [7, 11) is 2.05. The molecule has 0 aliphatic heterocycles. The van der Waals surface area contributed by atoms with Crippen molar-refractivity contribution in [2.24, 2.45) is 0 Å². The second-order valence-corrected chi connectivity index (χ2v) is 6.09. The van der Waals surface area contributed by atoms with E-state index in [4.69, 9.17) is 5.11 Å². The third kappa shape index (κ3) is 4.60. The van der Waals surface area contributed by atoms with Crippen LogP contribution in [0.25, 0.3) is 0 Å². The summed E-state index contributed by atoms with van der Waals surface area (Å²) in [6.07, 6.45) is 3.03.